The van der Waals surface area contributed by atoms with Gasteiger partial charge in [0.05, 0.1) is 16.3 Å². The first-order valence-corrected chi connectivity index (χ1v) is 16.0. The lowest BCUT2D eigenvalue weighted by molar-refractivity contribution is 0.208. The molecular formula is C32H40FN5O2S. The third kappa shape index (κ3) is 6.03. The number of aromatic nitrogens is 2. The van der Waals surface area contributed by atoms with Crippen LogP contribution in [0, 0.1) is 5.82 Å². The Morgan fingerprint density at radius 3 is 2.24 bits per heavy atom. The highest BCUT2D eigenvalue weighted by atomic mass is 32.2. The van der Waals surface area contributed by atoms with Gasteiger partial charge in [0.25, 0.3) is 0 Å². The van der Waals surface area contributed by atoms with Crippen LogP contribution < -0.4 is 4.90 Å². The molecule has 0 N–H and O–H groups in total. The molecule has 41 heavy (non-hydrogen) atoms. The molecule has 7 nitrogen and oxygen atoms in total. The molecule has 1 aromatic heterocycles. The van der Waals surface area contributed by atoms with Crippen molar-refractivity contribution in [3.8, 4) is 5.69 Å². The molecule has 218 valence electrons. The predicted octanol–water partition coefficient (Wildman–Crippen LogP) is 5.86. The first kappa shape index (κ1) is 29.2. The van der Waals surface area contributed by atoms with Gasteiger partial charge in [-0.05, 0) is 73.9 Å². The SMILES string of the molecule is CCCN(Cc1c(CC)nn(-c2ccc(F)cc2)c1N1CCN(C(C)C)CC1)S(=O)(=O)c1ccc2ccccc2c1. The van der Waals surface area contributed by atoms with Crippen molar-refractivity contribution >= 4 is 26.6 Å². The summed E-state index contributed by atoms with van der Waals surface area (Å²) in [6.45, 7) is 12.5. The average Bonchev–Trinajstić information content (AvgIpc) is 3.35. The van der Waals surface area contributed by atoms with Crippen molar-refractivity contribution in [3.63, 3.8) is 0 Å². The van der Waals surface area contributed by atoms with Gasteiger partial charge < -0.3 is 4.90 Å². The molecule has 4 aromatic rings. The van der Waals surface area contributed by atoms with E-state index in [0.29, 0.717) is 30.3 Å². The number of sulfonamides is 1. The summed E-state index contributed by atoms with van der Waals surface area (Å²) < 4.78 is 45.6. The van der Waals surface area contributed by atoms with E-state index in [1.165, 1.54) is 12.1 Å². The number of nitrogens with zero attached hydrogens (tertiary/aromatic N) is 5. The second-order valence-corrected chi connectivity index (χ2v) is 12.9. The molecule has 9 heteroatoms. The van der Waals surface area contributed by atoms with E-state index < -0.39 is 10.0 Å². The van der Waals surface area contributed by atoms with Crippen LogP contribution in [0.5, 0.6) is 0 Å². The zero-order valence-electron chi connectivity index (χ0n) is 24.4. The molecule has 1 aliphatic rings. The summed E-state index contributed by atoms with van der Waals surface area (Å²) in [6, 6.07) is 19.9. The van der Waals surface area contributed by atoms with Gasteiger partial charge in [0.2, 0.25) is 10.0 Å². The Morgan fingerprint density at radius 1 is 0.927 bits per heavy atom. The zero-order chi connectivity index (χ0) is 29.1. The highest BCUT2D eigenvalue weighted by molar-refractivity contribution is 7.89. The van der Waals surface area contributed by atoms with E-state index in [2.05, 4.69) is 23.6 Å². The Hall–Kier alpha value is -3.27. The maximum absolute atomic E-state index is 14.1. The monoisotopic (exact) mass is 577 g/mol. The van der Waals surface area contributed by atoms with Crippen LogP contribution in [0.25, 0.3) is 16.5 Å². The van der Waals surface area contributed by atoms with Crippen molar-refractivity contribution in [3.05, 3.63) is 83.8 Å². The Kier molecular flexibility index (Phi) is 8.77. The van der Waals surface area contributed by atoms with Gasteiger partial charge in [-0.25, -0.2) is 17.5 Å². The minimum absolute atomic E-state index is 0.215. The van der Waals surface area contributed by atoms with E-state index in [1.54, 1.807) is 28.6 Å². The topological polar surface area (TPSA) is 61.7 Å². The van der Waals surface area contributed by atoms with E-state index in [9.17, 15) is 12.8 Å². The average molecular weight is 578 g/mol. The summed E-state index contributed by atoms with van der Waals surface area (Å²) in [7, 11) is -3.79. The van der Waals surface area contributed by atoms with Crippen molar-refractivity contribution < 1.29 is 12.8 Å². The van der Waals surface area contributed by atoms with Crippen LogP contribution >= 0.6 is 0 Å². The second-order valence-electron chi connectivity index (χ2n) is 11.0. The molecular weight excluding hydrogens is 537 g/mol. The van der Waals surface area contributed by atoms with Crippen LogP contribution in [0.4, 0.5) is 10.2 Å². The van der Waals surface area contributed by atoms with Crippen molar-refractivity contribution in [2.45, 2.75) is 58.0 Å². The number of fused-ring (bicyclic) bond motifs is 1. The first-order chi connectivity index (χ1) is 19.7. The third-order valence-corrected chi connectivity index (χ3v) is 9.80. The zero-order valence-corrected chi connectivity index (χ0v) is 25.2. The molecule has 5 rings (SSSR count). The number of anilines is 1. The van der Waals surface area contributed by atoms with Gasteiger partial charge in [-0.3, -0.25) is 4.90 Å². The molecule has 0 spiro atoms. The van der Waals surface area contributed by atoms with Gasteiger partial charge in [0.1, 0.15) is 11.6 Å². The summed E-state index contributed by atoms with van der Waals surface area (Å²) in [5.74, 6) is 0.589. The minimum Gasteiger partial charge on any atom is -0.354 e. The molecule has 0 atom stereocenters. The minimum atomic E-state index is -3.79. The second kappa shape index (κ2) is 12.3. The van der Waals surface area contributed by atoms with Gasteiger partial charge >= 0.3 is 0 Å². The van der Waals surface area contributed by atoms with E-state index >= 15 is 0 Å². The smallest absolute Gasteiger partial charge is 0.243 e. The van der Waals surface area contributed by atoms with Crippen LogP contribution in [-0.4, -0.2) is 66.2 Å². The van der Waals surface area contributed by atoms with Crippen LogP contribution in [0.3, 0.4) is 0 Å². The van der Waals surface area contributed by atoms with Gasteiger partial charge in [0, 0.05) is 50.9 Å². The van der Waals surface area contributed by atoms with E-state index in [0.717, 1.165) is 59.7 Å². The van der Waals surface area contributed by atoms with Crippen molar-refractivity contribution in [1.82, 2.24) is 19.0 Å². The van der Waals surface area contributed by atoms with Crippen LogP contribution in [0.1, 0.15) is 45.4 Å². The predicted molar refractivity (Wildman–Crippen MR) is 164 cm³/mol. The molecule has 0 bridgehead atoms. The molecule has 2 heterocycles. The van der Waals surface area contributed by atoms with Crippen LogP contribution in [0.2, 0.25) is 0 Å². The third-order valence-electron chi connectivity index (χ3n) is 7.96. The number of benzene rings is 3. The summed E-state index contributed by atoms with van der Waals surface area (Å²) in [6.07, 6.45) is 1.33. The summed E-state index contributed by atoms with van der Waals surface area (Å²) in [5, 5.41) is 6.88. The molecule has 1 aliphatic heterocycles. The fraction of sp³-hybridized carbons (Fsp3) is 0.406. The maximum Gasteiger partial charge on any atom is 0.243 e. The summed E-state index contributed by atoms with van der Waals surface area (Å²) >= 11 is 0. The molecule has 0 aliphatic carbocycles. The molecule has 3 aromatic carbocycles. The van der Waals surface area contributed by atoms with Gasteiger partial charge in [-0.2, -0.15) is 9.40 Å². The number of rotatable bonds is 10. The summed E-state index contributed by atoms with van der Waals surface area (Å²) in [5.41, 5.74) is 2.52. The highest BCUT2D eigenvalue weighted by Gasteiger charge is 2.31. The molecule has 0 radical (unpaired) electrons. The maximum atomic E-state index is 14.1. The molecule has 1 saturated heterocycles. The number of halogens is 1. The molecule has 0 unspecified atom stereocenters. The van der Waals surface area contributed by atoms with E-state index in [4.69, 9.17) is 5.10 Å². The number of hydrogen-bond acceptors (Lipinski definition) is 5. The van der Waals surface area contributed by atoms with Gasteiger partial charge in [0.15, 0.2) is 0 Å². The summed E-state index contributed by atoms with van der Waals surface area (Å²) in [4.78, 5) is 5.06. The standard InChI is InChI=1S/C32H40FN5O2S/c1-5-17-37(41(39,40)29-16-11-25-9-7-8-10-26(25)22-29)23-30-31(6-2)34-38(28-14-12-27(33)13-15-28)32(30)36-20-18-35(19-21-36)24(3)4/h7-16,22,24H,5-6,17-21,23H2,1-4H3. The molecule has 0 saturated carbocycles. The number of hydrogen-bond donors (Lipinski definition) is 0. The number of piperazine rings is 1. The van der Waals surface area contributed by atoms with Crippen molar-refractivity contribution in [1.29, 1.82) is 0 Å². The molecule has 1 fully saturated rings. The Balaban J connectivity index is 1.58. The van der Waals surface area contributed by atoms with Crippen LogP contribution in [-0.2, 0) is 23.0 Å². The van der Waals surface area contributed by atoms with Crippen LogP contribution in [0.15, 0.2) is 71.6 Å². The Morgan fingerprint density at radius 2 is 1.61 bits per heavy atom. The normalized spacial score (nSPS) is 15.0. The van der Waals surface area contributed by atoms with Crippen molar-refractivity contribution in [2.75, 3.05) is 37.6 Å². The Labute approximate surface area is 243 Å². The lowest BCUT2D eigenvalue weighted by atomic mass is 10.1. The Bertz CT molecular complexity index is 1590. The van der Waals surface area contributed by atoms with Gasteiger partial charge in [-0.15, -0.1) is 0 Å². The fourth-order valence-corrected chi connectivity index (χ4v) is 7.19. The van der Waals surface area contributed by atoms with Gasteiger partial charge in [-0.1, -0.05) is 44.2 Å². The van der Waals surface area contributed by atoms with Crippen molar-refractivity contribution in [2.24, 2.45) is 0 Å². The number of aryl methyl sites for hydroxylation is 1. The van der Waals surface area contributed by atoms with E-state index in [1.807, 2.05) is 48.9 Å². The highest BCUT2D eigenvalue weighted by Crippen LogP contribution is 2.33. The quantitative estimate of drug-likeness (QED) is 0.236. The molecule has 0 amide bonds. The first-order valence-electron chi connectivity index (χ1n) is 14.6. The van der Waals surface area contributed by atoms with E-state index in [-0.39, 0.29) is 12.4 Å². The lowest BCUT2D eigenvalue weighted by Crippen LogP contribution is -2.49. The fourth-order valence-electron chi connectivity index (χ4n) is 5.66. The lowest BCUT2D eigenvalue weighted by Gasteiger charge is -2.38. The largest absolute Gasteiger partial charge is 0.354 e.